The van der Waals surface area contributed by atoms with Gasteiger partial charge in [0.05, 0.1) is 0 Å². The molecule has 19 heavy (non-hydrogen) atoms. The zero-order valence-electron chi connectivity index (χ0n) is 11.2. The van der Waals surface area contributed by atoms with Gasteiger partial charge in [0.2, 0.25) is 0 Å². The molecule has 3 rings (SSSR count). The molecule has 0 atom stereocenters. The first-order valence-electron chi connectivity index (χ1n) is 6.95. The average Bonchev–Trinajstić information content (AvgIpc) is 2.61. The van der Waals surface area contributed by atoms with Gasteiger partial charge >= 0.3 is 0 Å². The van der Waals surface area contributed by atoms with Gasteiger partial charge in [-0.25, -0.2) is 0 Å². The van der Waals surface area contributed by atoms with Crippen LogP contribution in [-0.4, -0.2) is 11.4 Å². The summed E-state index contributed by atoms with van der Waals surface area (Å²) in [6.07, 6.45) is 2.39. The number of hydrogen-bond acceptors (Lipinski definition) is 2. The van der Waals surface area contributed by atoms with Gasteiger partial charge in [-0.15, -0.1) is 0 Å². The first-order chi connectivity index (χ1) is 9.31. The highest BCUT2D eigenvalue weighted by Gasteiger charge is 2.14. The molecule has 1 aliphatic rings. The van der Waals surface area contributed by atoms with Crippen molar-refractivity contribution in [3.63, 3.8) is 0 Å². The second kappa shape index (κ2) is 5.45. The number of rotatable bonds is 2. The molecule has 0 aliphatic carbocycles. The maximum atomic E-state index is 5.91. The molecular formula is C17H20N2. The third-order valence-corrected chi connectivity index (χ3v) is 3.79. The summed E-state index contributed by atoms with van der Waals surface area (Å²) in [6.45, 7) is 3.19. The van der Waals surface area contributed by atoms with E-state index in [0.717, 1.165) is 25.3 Å². The Morgan fingerprint density at radius 2 is 1.84 bits per heavy atom. The Morgan fingerprint density at radius 3 is 2.68 bits per heavy atom. The van der Waals surface area contributed by atoms with Crippen molar-refractivity contribution in [2.24, 2.45) is 0 Å². The normalized spacial score (nSPS) is 15.8. The van der Waals surface area contributed by atoms with Gasteiger partial charge in [0.1, 0.15) is 0 Å². The van der Waals surface area contributed by atoms with Crippen LogP contribution in [0.3, 0.4) is 0 Å². The molecule has 2 N–H and O–H groups in total. The molecule has 0 fully saturated rings. The van der Waals surface area contributed by atoms with Gasteiger partial charge in [-0.3, -0.25) is 4.90 Å². The van der Waals surface area contributed by atoms with E-state index in [0.29, 0.717) is 0 Å². The Balaban J connectivity index is 1.78. The van der Waals surface area contributed by atoms with Gasteiger partial charge in [0.15, 0.2) is 0 Å². The molecule has 0 radical (unpaired) electrons. The van der Waals surface area contributed by atoms with Crippen LogP contribution in [0, 0.1) is 0 Å². The van der Waals surface area contributed by atoms with Gasteiger partial charge in [-0.05, 0) is 48.2 Å². The molecule has 0 unspecified atom stereocenters. The lowest BCUT2D eigenvalue weighted by Crippen LogP contribution is -2.22. The van der Waals surface area contributed by atoms with E-state index in [9.17, 15) is 0 Å². The molecule has 0 saturated heterocycles. The van der Waals surface area contributed by atoms with Crippen molar-refractivity contribution < 1.29 is 0 Å². The Labute approximate surface area is 114 Å². The maximum absolute atomic E-state index is 5.91. The SMILES string of the molecule is Nc1ccc2c(c1)CN(Cc1ccccc1)CCC2. The molecule has 1 heterocycles. The molecule has 1 aliphatic heterocycles. The summed E-state index contributed by atoms with van der Waals surface area (Å²) in [4.78, 5) is 2.51. The number of nitrogens with two attached hydrogens (primary N) is 1. The quantitative estimate of drug-likeness (QED) is 0.832. The van der Waals surface area contributed by atoms with Gasteiger partial charge in [0, 0.05) is 18.8 Å². The molecule has 2 aromatic rings. The molecular weight excluding hydrogens is 232 g/mol. The Kier molecular flexibility index (Phi) is 3.51. The van der Waals surface area contributed by atoms with Crippen molar-refractivity contribution in [1.82, 2.24) is 4.90 Å². The topological polar surface area (TPSA) is 29.3 Å². The Bertz CT molecular complexity index is 548. The first-order valence-corrected chi connectivity index (χ1v) is 6.95. The Hall–Kier alpha value is -1.80. The van der Waals surface area contributed by atoms with Crippen LogP contribution < -0.4 is 5.73 Å². The average molecular weight is 252 g/mol. The predicted octanol–water partition coefficient (Wildman–Crippen LogP) is 3.22. The molecule has 0 amide bonds. The van der Waals surface area contributed by atoms with E-state index >= 15 is 0 Å². The minimum atomic E-state index is 0.875. The van der Waals surface area contributed by atoms with Crippen molar-refractivity contribution in [2.75, 3.05) is 12.3 Å². The number of nitrogen functional groups attached to an aromatic ring is 1. The van der Waals surface area contributed by atoms with Crippen molar-refractivity contribution in [1.29, 1.82) is 0 Å². The minimum absolute atomic E-state index is 0.875. The van der Waals surface area contributed by atoms with E-state index in [1.54, 1.807) is 0 Å². The van der Waals surface area contributed by atoms with Crippen molar-refractivity contribution >= 4 is 5.69 Å². The summed E-state index contributed by atoms with van der Waals surface area (Å²) < 4.78 is 0. The summed E-state index contributed by atoms with van der Waals surface area (Å²) in [5.41, 5.74) is 11.0. The van der Waals surface area contributed by atoms with Crippen LogP contribution in [0.4, 0.5) is 5.69 Å². The third kappa shape index (κ3) is 2.96. The van der Waals surface area contributed by atoms with E-state index in [4.69, 9.17) is 5.73 Å². The van der Waals surface area contributed by atoms with Crippen LogP contribution in [0.2, 0.25) is 0 Å². The Morgan fingerprint density at radius 1 is 1.00 bits per heavy atom. The predicted molar refractivity (Wildman–Crippen MR) is 79.7 cm³/mol. The van der Waals surface area contributed by atoms with Gasteiger partial charge in [0.25, 0.3) is 0 Å². The van der Waals surface area contributed by atoms with Crippen LogP contribution in [0.1, 0.15) is 23.1 Å². The maximum Gasteiger partial charge on any atom is 0.0317 e. The van der Waals surface area contributed by atoms with Gasteiger partial charge < -0.3 is 5.73 Å². The summed E-state index contributed by atoms with van der Waals surface area (Å²) in [6, 6.07) is 17.0. The van der Waals surface area contributed by atoms with Crippen molar-refractivity contribution in [3.8, 4) is 0 Å². The van der Waals surface area contributed by atoms with Crippen LogP contribution >= 0.6 is 0 Å². The van der Waals surface area contributed by atoms with Gasteiger partial charge in [-0.2, -0.15) is 0 Å². The van der Waals surface area contributed by atoms with Crippen LogP contribution in [-0.2, 0) is 19.5 Å². The van der Waals surface area contributed by atoms with Crippen LogP contribution in [0.15, 0.2) is 48.5 Å². The number of fused-ring (bicyclic) bond motifs is 1. The molecule has 0 saturated carbocycles. The highest BCUT2D eigenvalue weighted by atomic mass is 15.1. The van der Waals surface area contributed by atoms with E-state index in [1.165, 1.54) is 29.5 Å². The highest BCUT2D eigenvalue weighted by molar-refractivity contribution is 5.45. The summed E-state index contributed by atoms with van der Waals surface area (Å²) in [5, 5.41) is 0. The minimum Gasteiger partial charge on any atom is -0.399 e. The van der Waals surface area contributed by atoms with E-state index in [1.807, 2.05) is 6.07 Å². The largest absolute Gasteiger partial charge is 0.399 e. The number of hydrogen-bond donors (Lipinski definition) is 1. The third-order valence-electron chi connectivity index (χ3n) is 3.79. The fourth-order valence-electron chi connectivity index (χ4n) is 2.83. The smallest absolute Gasteiger partial charge is 0.0317 e. The molecule has 98 valence electrons. The van der Waals surface area contributed by atoms with E-state index < -0.39 is 0 Å². The van der Waals surface area contributed by atoms with Crippen LogP contribution in [0.5, 0.6) is 0 Å². The lowest BCUT2D eigenvalue weighted by atomic mass is 10.0. The summed E-state index contributed by atoms with van der Waals surface area (Å²) in [7, 11) is 0. The zero-order valence-corrected chi connectivity index (χ0v) is 11.2. The fourth-order valence-corrected chi connectivity index (χ4v) is 2.83. The number of aryl methyl sites for hydroxylation is 1. The standard InChI is InChI=1S/C17H20N2/c18-17-9-8-15-7-4-10-19(13-16(15)11-17)12-14-5-2-1-3-6-14/h1-3,5-6,8-9,11H,4,7,10,12-13,18H2. The zero-order chi connectivity index (χ0) is 13.1. The monoisotopic (exact) mass is 252 g/mol. The van der Waals surface area contributed by atoms with Crippen LogP contribution in [0.25, 0.3) is 0 Å². The number of benzene rings is 2. The van der Waals surface area contributed by atoms with E-state index in [2.05, 4.69) is 47.4 Å². The summed E-state index contributed by atoms with van der Waals surface area (Å²) >= 11 is 0. The second-order valence-electron chi connectivity index (χ2n) is 5.33. The molecule has 0 bridgehead atoms. The molecule has 2 heteroatoms. The summed E-state index contributed by atoms with van der Waals surface area (Å²) in [5.74, 6) is 0. The first kappa shape index (κ1) is 12.2. The fraction of sp³-hybridized carbons (Fsp3) is 0.294. The lowest BCUT2D eigenvalue weighted by Gasteiger charge is -2.20. The van der Waals surface area contributed by atoms with E-state index in [-0.39, 0.29) is 0 Å². The number of anilines is 1. The number of nitrogens with zero attached hydrogens (tertiary/aromatic N) is 1. The van der Waals surface area contributed by atoms with Gasteiger partial charge in [-0.1, -0.05) is 36.4 Å². The lowest BCUT2D eigenvalue weighted by molar-refractivity contribution is 0.261. The molecule has 0 aromatic heterocycles. The highest BCUT2D eigenvalue weighted by Crippen LogP contribution is 2.22. The molecule has 2 aromatic carbocycles. The molecule has 2 nitrogen and oxygen atoms in total. The molecule has 0 spiro atoms. The van der Waals surface area contributed by atoms with Crippen molar-refractivity contribution in [2.45, 2.75) is 25.9 Å². The van der Waals surface area contributed by atoms with Crippen molar-refractivity contribution in [3.05, 3.63) is 65.2 Å². The second-order valence-corrected chi connectivity index (χ2v) is 5.33.